The zero-order chi connectivity index (χ0) is 12.5. The van der Waals surface area contributed by atoms with Crippen LogP contribution in [0.2, 0.25) is 0 Å². The number of rotatable bonds is 8. The van der Waals surface area contributed by atoms with Gasteiger partial charge in [-0.25, -0.2) is 0 Å². The van der Waals surface area contributed by atoms with E-state index in [1.165, 1.54) is 0 Å². The molecule has 0 spiro atoms. The Balaban J connectivity index is 2.18. The lowest BCUT2D eigenvalue weighted by molar-refractivity contribution is 0.145. The fraction of sp³-hybridized carbons (Fsp3) is 0.583. The quantitative estimate of drug-likeness (QED) is 0.742. The maximum Gasteiger partial charge on any atom is 0.250 e. The van der Waals surface area contributed by atoms with E-state index in [9.17, 15) is 4.79 Å². The molecule has 17 heavy (non-hydrogen) atoms. The van der Waals surface area contributed by atoms with Gasteiger partial charge in [0.1, 0.15) is 0 Å². The SMILES string of the molecule is CCOCCCNCCn1cc(Br)ccc1=O. The van der Waals surface area contributed by atoms with E-state index in [-0.39, 0.29) is 5.56 Å². The smallest absolute Gasteiger partial charge is 0.250 e. The average molecular weight is 303 g/mol. The Morgan fingerprint density at radius 2 is 2.24 bits per heavy atom. The molecule has 1 aromatic rings. The molecule has 0 radical (unpaired) electrons. The number of ether oxygens (including phenoxy) is 1. The molecule has 1 rings (SSSR count). The van der Waals surface area contributed by atoms with Crippen LogP contribution in [0.15, 0.2) is 27.6 Å². The molecular weight excluding hydrogens is 284 g/mol. The van der Waals surface area contributed by atoms with Gasteiger partial charge in [-0.2, -0.15) is 0 Å². The van der Waals surface area contributed by atoms with Gasteiger partial charge in [0.05, 0.1) is 0 Å². The molecule has 0 atom stereocenters. The van der Waals surface area contributed by atoms with Crippen LogP contribution in [-0.2, 0) is 11.3 Å². The second-order valence-electron chi connectivity index (χ2n) is 3.68. The maximum absolute atomic E-state index is 11.5. The van der Waals surface area contributed by atoms with Crippen molar-refractivity contribution in [2.45, 2.75) is 19.9 Å². The number of hydrogen-bond acceptors (Lipinski definition) is 3. The molecule has 0 unspecified atom stereocenters. The molecule has 4 nitrogen and oxygen atoms in total. The van der Waals surface area contributed by atoms with Crippen molar-refractivity contribution in [3.63, 3.8) is 0 Å². The van der Waals surface area contributed by atoms with Gasteiger partial charge in [-0.1, -0.05) is 0 Å². The number of hydrogen-bond donors (Lipinski definition) is 1. The van der Waals surface area contributed by atoms with Crippen LogP contribution in [0.4, 0.5) is 0 Å². The van der Waals surface area contributed by atoms with Crippen molar-refractivity contribution in [1.29, 1.82) is 0 Å². The van der Waals surface area contributed by atoms with Crippen LogP contribution in [0, 0.1) is 0 Å². The third kappa shape index (κ3) is 6.00. The second kappa shape index (κ2) is 8.44. The van der Waals surface area contributed by atoms with Gasteiger partial charge in [0.2, 0.25) is 0 Å². The highest BCUT2D eigenvalue weighted by molar-refractivity contribution is 9.10. The van der Waals surface area contributed by atoms with Gasteiger partial charge in [-0.05, 0) is 41.9 Å². The molecule has 0 saturated heterocycles. The van der Waals surface area contributed by atoms with Gasteiger partial charge in [0.15, 0.2) is 0 Å². The standard InChI is InChI=1S/C12H19BrN2O2/c1-2-17-9-3-6-14-7-8-15-10-11(13)4-5-12(15)16/h4-5,10,14H,2-3,6-9H2,1H3. The molecule has 1 N–H and O–H groups in total. The lowest BCUT2D eigenvalue weighted by atomic mass is 10.4. The lowest BCUT2D eigenvalue weighted by Crippen LogP contribution is -2.27. The van der Waals surface area contributed by atoms with Crippen LogP contribution < -0.4 is 10.9 Å². The normalized spacial score (nSPS) is 10.7. The first-order chi connectivity index (χ1) is 8.24. The second-order valence-corrected chi connectivity index (χ2v) is 4.60. The molecule has 0 aliphatic heterocycles. The van der Waals surface area contributed by atoms with Gasteiger partial charge in [0.25, 0.3) is 5.56 Å². The first-order valence-electron chi connectivity index (χ1n) is 5.88. The minimum absolute atomic E-state index is 0.0318. The summed E-state index contributed by atoms with van der Waals surface area (Å²) >= 11 is 3.35. The molecule has 96 valence electrons. The average Bonchev–Trinajstić information content (AvgIpc) is 2.32. The Labute approximate surface area is 110 Å². The number of halogens is 1. The Morgan fingerprint density at radius 1 is 1.41 bits per heavy atom. The van der Waals surface area contributed by atoms with Crippen LogP contribution in [0.1, 0.15) is 13.3 Å². The molecule has 5 heteroatoms. The number of pyridine rings is 1. The maximum atomic E-state index is 11.5. The molecule has 0 saturated carbocycles. The predicted molar refractivity (Wildman–Crippen MR) is 72.4 cm³/mol. The summed E-state index contributed by atoms with van der Waals surface area (Å²) in [5.74, 6) is 0. The predicted octanol–water partition coefficient (Wildman–Crippen LogP) is 1.63. The van der Waals surface area contributed by atoms with Crippen LogP contribution in [-0.4, -0.2) is 30.9 Å². The molecule has 0 aliphatic carbocycles. The Bertz CT molecular complexity index is 379. The van der Waals surface area contributed by atoms with E-state index in [0.717, 1.165) is 37.2 Å². The van der Waals surface area contributed by atoms with Crippen molar-refractivity contribution >= 4 is 15.9 Å². The third-order valence-electron chi connectivity index (χ3n) is 2.32. The number of nitrogens with zero attached hydrogens (tertiary/aromatic N) is 1. The van der Waals surface area contributed by atoms with Crippen LogP contribution in [0.5, 0.6) is 0 Å². The summed E-state index contributed by atoms with van der Waals surface area (Å²) in [5.41, 5.74) is 0.0318. The highest BCUT2D eigenvalue weighted by atomic mass is 79.9. The topological polar surface area (TPSA) is 43.3 Å². The van der Waals surface area contributed by atoms with Gasteiger partial charge in [0, 0.05) is 43.0 Å². The van der Waals surface area contributed by atoms with Gasteiger partial charge < -0.3 is 14.6 Å². The zero-order valence-corrected chi connectivity index (χ0v) is 11.7. The van der Waals surface area contributed by atoms with E-state index < -0.39 is 0 Å². The lowest BCUT2D eigenvalue weighted by Gasteiger charge is -2.07. The summed E-state index contributed by atoms with van der Waals surface area (Å²) in [5, 5.41) is 3.28. The summed E-state index contributed by atoms with van der Waals surface area (Å²) in [4.78, 5) is 11.5. The van der Waals surface area contributed by atoms with Crippen molar-refractivity contribution < 1.29 is 4.74 Å². The van der Waals surface area contributed by atoms with E-state index in [1.807, 2.05) is 13.1 Å². The first-order valence-corrected chi connectivity index (χ1v) is 6.68. The van der Waals surface area contributed by atoms with Crippen molar-refractivity contribution in [2.24, 2.45) is 0 Å². The van der Waals surface area contributed by atoms with E-state index in [2.05, 4.69) is 21.2 Å². The highest BCUT2D eigenvalue weighted by Gasteiger charge is 1.96. The molecule has 0 aromatic carbocycles. The van der Waals surface area contributed by atoms with Crippen LogP contribution in [0.3, 0.4) is 0 Å². The summed E-state index contributed by atoms with van der Waals surface area (Å²) < 4.78 is 7.85. The zero-order valence-electron chi connectivity index (χ0n) is 10.1. The molecular formula is C12H19BrN2O2. The molecule has 1 aromatic heterocycles. The Kier molecular flexibility index (Phi) is 7.16. The van der Waals surface area contributed by atoms with Crippen molar-refractivity contribution in [3.8, 4) is 0 Å². The van der Waals surface area contributed by atoms with Crippen molar-refractivity contribution in [1.82, 2.24) is 9.88 Å². The number of nitrogens with one attached hydrogen (secondary N) is 1. The van der Waals surface area contributed by atoms with Gasteiger partial charge in [-0.15, -0.1) is 0 Å². The van der Waals surface area contributed by atoms with E-state index in [4.69, 9.17) is 4.74 Å². The summed E-state index contributed by atoms with van der Waals surface area (Å²) in [6.07, 6.45) is 2.81. The highest BCUT2D eigenvalue weighted by Crippen LogP contribution is 2.04. The summed E-state index contributed by atoms with van der Waals surface area (Å²) in [7, 11) is 0. The molecule has 1 heterocycles. The minimum Gasteiger partial charge on any atom is -0.382 e. The van der Waals surface area contributed by atoms with E-state index in [0.29, 0.717) is 6.54 Å². The van der Waals surface area contributed by atoms with Crippen LogP contribution in [0.25, 0.3) is 0 Å². The Hall–Kier alpha value is -0.650. The Morgan fingerprint density at radius 3 is 3.00 bits per heavy atom. The van der Waals surface area contributed by atoms with Gasteiger partial charge >= 0.3 is 0 Å². The third-order valence-corrected chi connectivity index (χ3v) is 2.79. The molecule has 0 aliphatic rings. The van der Waals surface area contributed by atoms with Crippen LogP contribution >= 0.6 is 15.9 Å². The van der Waals surface area contributed by atoms with Gasteiger partial charge in [-0.3, -0.25) is 4.79 Å². The largest absolute Gasteiger partial charge is 0.382 e. The van der Waals surface area contributed by atoms with E-state index >= 15 is 0 Å². The van der Waals surface area contributed by atoms with E-state index in [1.54, 1.807) is 16.7 Å². The number of aromatic nitrogens is 1. The minimum atomic E-state index is 0.0318. The fourth-order valence-corrected chi connectivity index (χ4v) is 1.82. The molecule has 0 amide bonds. The van der Waals surface area contributed by atoms with Crippen molar-refractivity contribution in [2.75, 3.05) is 26.3 Å². The monoisotopic (exact) mass is 302 g/mol. The van der Waals surface area contributed by atoms with Crippen molar-refractivity contribution in [3.05, 3.63) is 33.2 Å². The first kappa shape index (κ1) is 14.4. The summed E-state index contributed by atoms with van der Waals surface area (Å²) in [6, 6.07) is 3.33. The molecule has 0 fully saturated rings. The molecule has 0 bridgehead atoms. The summed E-state index contributed by atoms with van der Waals surface area (Å²) in [6.45, 7) is 5.96. The fourth-order valence-electron chi connectivity index (χ4n) is 1.44.